The van der Waals surface area contributed by atoms with E-state index in [9.17, 15) is 9.18 Å². The predicted octanol–water partition coefficient (Wildman–Crippen LogP) is 5.00. The number of hydrogen-bond acceptors (Lipinski definition) is 4. The molecular weight excluding hydrogens is 413 g/mol. The van der Waals surface area contributed by atoms with Gasteiger partial charge in [-0.3, -0.25) is 9.47 Å². The molecule has 4 rings (SSSR count). The minimum Gasteiger partial charge on any atom is -0.497 e. The zero-order valence-corrected chi connectivity index (χ0v) is 17.4. The number of nitrogens with zero attached hydrogens (tertiary/aromatic N) is 1. The van der Waals surface area contributed by atoms with E-state index in [1.807, 2.05) is 48.0 Å². The normalized spacial score (nSPS) is 17.9. The third-order valence-electron chi connectivity index (χ3n) is 4.78. The van der Waals surface area contributed by atoms with Gasteiger partial charge in [-0.25, -0.2) is 4.39 Å². The van der Waals surface area contributed by atoms with Crippen molar-refractivity contribution < 1.29 is 13.9 Å². The first-order valence-corrected chi connectivity index (χ1v) is 10.2. The maximum atomic E-state index is 13.4. The Morgan fingerprint density at radius 2 is 1.97 bits per heavy atom. The van der Waals surface area contributed by atoms with Crippen molar-refractivity contribution in [3.63, 3.8) is 0 Å². The average molecular weight is 432 g/mol. The van der Waals surface area contributed by atoms with Crippen molar-refractivity contribution in [1.82, 2.24) is 4.68 Å². The maximum Gasteiger partial charge on any atom is 0.240 e. The highest BCUT2D eigenvalue weighted by atomic mass is 35.5. The van der Waals surface area contributed by atoms with Crippen LogP contribution in [-0.4, -0.2) is 22.9 Å². The first-order valence-electron chi connectivity index (χ1n) is 8.97. The fourth-order valence-corrected chi connectivity index (χ4v) is 4.64. The van der Waals surface area contributed by atoms with Gasteiger partial charge < -0.3 is 15.5 Å². The van der Waals surface area contributed by atoms with E-state index in [1.54, 1.807) is 7.11 Å². The molecule has 0 radical (unpaired) electrons. The number of carbonyl (C=O) groups excluding carboxylic acids is 1. The Bertz CT molecular complexity index is 1050. The second-order valence-corrected chi connectivity index (χ2v) is 8.25. The molecular formula is C21H19ClFN3O2S. The van der Waals surface area contributed by atoms with Gasteiger partial charge >= 0.3 is 0 Å². The Balaban J connectivity index is 1.65. The lowest BCUT2D eigenvalue weighted by Gasteiger charge is -2.34. The summed E-state index contributed by atoms with van der Waals surface area (Å²) >= 11 is 7.32. The second-order valence-electron chi connectivity index (χ2n) is 6.68. The molecule has 0 saturated heterocycles. The van der Waals surface area contributed by atoms with E-state index in [0.29, 0.717) is 5.69 Å². The number of halogens is 2. The van der Waals surface area contributed by atoms with Crippen LogP contribution < -0.4 is 15.5 Å². The van der Waals surface area contributed by atoms with Gasteiger partial charge in [-0.15, -0.1) is 0 Å². The summed E-state index contributed by atoms with van der Waals surface area (Å²) in [6.45, 7) is 2.00. The number of aromatic nitrogens is 1. The number of nitrogens with one attached hydrogen (secondary N) is 2. The van der Waals surface area contributed by atoms with Crippen LogP contribution in [0.25, 0.3) is 0 Å². The first kappa shape index (κ1) is 19.7. The van der Waals surface area contributed by atoms with Crippen LogP contribution in [-0.2, 0) is 4.79 Å². The summed E-state index contributed by atoms with van der Waals surface area (Å²) in [6.07, 6.45) is 0. The maximum absolute atomic E-state index is 13.4. The number of benzene rings is 2. The molecule has 0 bridgehead atoms. The summed E-state index contributed by atoms with van der Waals surface area (Å²) in [5, 5.41) is 3.32. The quantitative estimate of drug-likeness (QED) is 0.610. The van der Waals surface area contributed by atoms with Crippen molar-refractivity contribution in [2.24, 2.45) is 0 Å². The van der Waals surface area contributed by atoms with E-state index >= 15 is 0 Å². The van der Waals surface area contributed by atoms with Crippen LogP contribution in [0.3, 0.4) is 0 Å². The summed E-state index contributed by atoms with van der Waals surface area (Å²) in [7, 11) is 1.61. The molecule has 1 aliphatic heterocycles. The number of fused-ring (bicyclic) bond motifs is 1. The van der Waals surface area contributed by atoms with E-state index in [-0.39, 0.29) is 17.0 Å². The van der Waals surface area contributed by atoms with Gasteiger partial charge in [0.25, 0.3) is 0 Å². The highest BCUT2D eigenvalue weighted by Gasteiger charge is 2.36. The number of ether oxygens (including phenoxy) is 1. The molecule has 0 fully saturated rings. The fourth-order valence-electron chi connectivity index (χ4n) is 3.23. The number of anilines is 1. The zero-order chi connectivity index (χ0) is 20.5. The Morgan fingerprint density at radius 3 is 2.66 bits per heavy atom. The highest BCUT2D eigenvalue weighted by Crippen LogP contribution is 2.39. The number of methoxy groups -OCH3 is 1. The molecule has 0 aliphatic carbocycles. The van der Waals surface area contributed by atoms with E-state index in [2.05, 4.69) is 10.7 Å². The molecule has 5 nitrogen and oxygen atoms in total. The van der Waals surface area contributed by atoms with E-state index in [4.69, 9.17) is 16.3 Å². The van der Waals surface area contributed by atoms with Crippen LogP contribution in [0.2, 0.25) is 5.02 Å². The van der Waals surface area contributed by atoms with Crippen LogP contribution in [0, 0.1) is 12.7 Å². The van der Waals surface area contributed by atoms with Crippen LogP contribution in [0.1, 0.15) is 17.3 Å². The largest absolute Gasteiger partial charge is 0.497 e. The number of carbonyl (C=O) groups is 1. The SMILES string of the molecule is COc1ccc([C@H]2Nn3c(C)ccc3S[C@@H]2C(=O)Nc2ccc(F)c(Cl)c2)cc1. The smallest absolute Gasteiger partial charge is 0.240 e. The predicted molar refractivity (Wildman–Crippen MR) is 114 cm³/mol. The van der Waals surface area contributed by atoms with Gasteiger partial charge in [-0.2, -0.15) is 0 Å². The van der Waals surface area contributed by atoms with Gasteiger partial charge in [0.2, 0.25) is 5.91 Å². The molecule has 2 N–H and O–H groups in total. The standard InChI is InChI=1S/C21H19ClFN3O2S/c1-12-3-10-18-26(12)25-19(13-4-7-15(28-2)8-5-13)20(29-18)21(27)24-14-6-9-17(23)16(22)11-14/h3-11,19-20,25H,1-2H3,(H,24,27)/t19-,20+/m1/s1. The Morgan fingerprint density at radius 1 is 1.21 bits per heavy atom. The lowest BCUT2D eigenvalue weighted by atomic mass is 10.0. The van der Waals surface area contributed by atoms with Crippen molar-refractivity contribution in [2.45, 2.75) is 23.2 Å². The molecule has 1 aliphatic rings. The molecule has 2 aromatic carbocycles. The van der Waals surface area contributed by atoms with Gasteiger partial charge in [0.15, 0.2) is 0 Å². The van der Waals surface area contributed by atoms with E-state index in [0.717, 1.165) is 22.0 Å². The van der Waals surface area contributed by atoms with E-state index < -0.39 is 11.1 Å². The minimum atomic E-state index is -0.525. The lowest BCUT2D eigenvalue weighted by Crippen LogP contribution is -2.41. The summed E-state index contributed by atoms with van der Waals surface area (Å²) in [4.78, 5) is 13.1. The number of thioether (sulfide) groups is 1. The molecule has 29 heavy (non-hydrogen) atoms. The number of rotatable bonds is 4. The van der Waals surface area contributed by atoms with Crippen LogP contribution in [0.5, 0.6) is 5.75 Å². The third-order valence-corrected chi connectivity index (χ3v) is 6.37. The van der Waals surface area contributed by atoms with Crippen LogP contribution in [0.15, 0.2) is 59.6 Å². The van der Waals surface area contributed by atoms with Gasteiger partial charge in [0.1, 0.15) is 16.8 Å². The molecule has 3 aromatic rings. The number of amides is 1. The van der Waals surface area contributed by atoms with Crippen molar-refractivity contribution in [3.05, 3.63) is 76.7 Å². The third kappa shape index (κ3) is 3.93. The molecule has 0 saturated carbocycles. The first-order chi connectivity index (χ1) is 14.0. The monoisotopic (exact) mass is 431 g/mol. The number of aryl methyl sites for hydroxylation is 1. The molecule has 2 atom stereocenters. The molecule has 1 amide bonds. The second kappa shape index (κ2) is 8.00. The number of hydrogen-bond donors (Lipinski definition) is 2. The summed E-state index contributed by atoms with van der Waals surface area (Å²) in [5.74, 6) is 0.0240. The Kier molecular flexibility index (Phi) is 5.43. The molecule has 0 unspecified atom stereocenters. The van der Waals surface area contributed by atoms with Gasteiger partial charge in [0, 0.05) is 11.4 Å². The van der Waals surface area contributed by atoms with Crippen molar-refractivity contribution in [2.75, 3.05) is 17.9 Å². The van der Waals surface area contributed by atoms with Crippen molar-refractivity contribution >= 4 is 35.0 Å². The summed E-state index contributed by atoms with van der Waals surface area (Å²) < 4.78 is 20.7. The highest BCUT2D eigenvalue weighted by molar-refractivity contribution is 8.00. The molecule has 150 valence electrons. The van der Waals surface area contributed by atoms with Gasteiger partial charge in [0.05, 0.1) is 23.2 Å². The molecule has 1 aromatic heterocycles. The van der Waals surface area contributed by atoms with Gasteiger partial charge in [-0.1, -0.05) is 35.5 Å². The summed E-state index contributed by atoms with van der Waals surface area (Å²) in [6, 6.07) is 15.5. The Hall–Kier alpha value is -2.64. The van der Waals surface area contributed by atoms with E-state index in [1.165, 1.54) is 30.0 Å². The molecule has 0 spiro atoms. The van der Waals surface area contributed by atoms with Crippen LogP contribution in [0.4, 0.5) is 10.1 Å². The average Bonchev–Trinajstić information content (AvgIpc) is 3.10. The van der Waals surface area contributed by atoms with Gasteiger partial charge in [-0.05, 0) is 55.0 Å². The molecule has 8 heteroatoms. The summed E-state index contributed by atoms with van der Waals surface area (Å²) in [5.41, 5.74) is 5.90. The lowest BCUT2D eigenvalue weighted by molar-refractivity contribution is -0.116. The zero-order valence-electron chi connectivity index (χ0n) is 15.8. The van der Waals surface area contributed by atoms with Crippen molar-refractivity contribution in [1.29, 1.82) is 0 Å². The minimum absolute atomic E-state index is 0.0339. The topological polar surface area (TPSA) is 55.3 Å². The van der Waals surface area contributed by atoms with Crippen LogP contribution >= 0.6 is 23.4 Å². The Labute approximate surface area is 177 Å². The van der Waals surface area contributed by atoms with Crippen molar-refractivity contribution in [3.8, 4) is 5.75 Å². The fraction of sp³-hybridized carbons (Fsp3) is 0.190. The molecule has 2 heterocycles.